The van der Waals surface area contributed by atoms with E-state index in [1.165, 1.54) is 6.92 Å². The van der Waals surface area contributed by atoms with Gasteiger partial charge in [0.25, 0.3) is 0 Å². The number of carbonyl (C=O) groups is 1. The number of aliphatic hydroxyl groups is 1. The standard InChI is InChI=1S/C9H18O4S/c1-4-13-9(5-12-3)8(11)6-14-7(2)10/h8-9,11H,4-6H2,1-3H3. The van der Waals surface area contributed by atoms with E-state index in [4.69, 9.17) is 9.47 Å². The van der Waals surface area contributed by atoms with Crippen LogP contribution in [0.1, 0.15) is 13.8 Å². The Balaban J connectivity index is 3.86. The average Bonchev–Trinajstić information content (AvgIpc) is 2.14. The fourth-order valence-corrected chi connectivity index (χ4v) is 1.58. The van der Waals surface area contributed by atoms with Crippen molar-refractivity contribution in [3.63, 3.8) is 0 Å². The Morgan fingerprint density at radius 2 is 2.21 bits per heavy atom. The zero-order valence-corrected chi connectivity index (χ0v) is 9.67. The molecule has 0 aliphatic rings. The quantitative estimate of drug-likeness (QED) is 0.686. The number of hydrogen-bond donors (Lipinski definition) is 1. The summed E-state index contributed by atoms with van der Waals surface area (Å²) in [5.74, 6) is 0.351. The molecule has 0 aromatic heterocycles. The number of rotatable bonds is 7. The molecule has 2 unspecified atom stereocenters. The molecule has 0 aliphatic carbocycles. The van der Waals surface area contributed by atoms with Crippen LogP contribution in [0.5, 0.6) is 0 Å². The third-order valence-electron chi connectivity index (χ3n) is 1.60. The molecule has 5 heteroatoms. The van der Waals surface area contributed by atoms with Gasteiger partial charge in [-0.05, 0) is 6.92 Å². The maximum atomic E-state index is 10.7. The molecule has 0 radical (unpaired) electrons. The summed E-state index contributed by atoms with van der Waals surface area (Å²) in [6.07, 6.45) is -1.01. The fourth-order valence-electron chi connectivity index (χ4n) is 0.959. The topological polar surface area (TPSA) is 55.8 Å². The molecule has 0 heterocycles. The molecule has 0 rings (SSSR count). The summed E-state index contributed by atoms with van der Waals surface area (Å²) in [4.78, 5) is 10.7. The number of methoxy groups -OCH3 is 1. The van der Waals surface area contributed by atoms with E-state index in [2.05, 4.69) is 0 Å². The number of carbonyl (C=O) groups excluding carboxylic acids is 1. The summed E-state index contributed by atoms with van der Waals surface area (Å²) in [5.41, 5.74) is 0. The first kappa shape index (κ1) is 13.9. The minimum atomic E-state index is -0.663. The number of thioether (sulfide) groups is 1. The molecule has 84 valence electrons. The lowest BCUT2D eigenvalue weighted by Gasteiger charge is -2.21. The van der Waals surface area contributed by atoms with Crippen molar-refractivity contribution in [3.8, 4) is 0 Å². The molecular formula is C9H18O4S. The predicted molar refractivity (Wildman–Crippen MR) is 56.4 cm³/mol. The van der Waals surface area contributed by atoms with Crippen LogP contribution in [0.3, 0.4) is 0 Å². The van der Waals surface area contributed by atoms with E-state index < -0.39 is 6.10 Å². The number of hydrogen-bond acceptors (Lipinski definition) is 5. The summed E-state index contributed by atoms with van der Waals surface area (Å²) in [7, 11) is 1.55. The van der Waals surface area contributed by atoms with Crippen LogP contribution in [-0.2, 0) is 14.3 Å². The van der Waals surface area contributed by atoms with Crippen molar-refractivity contribution in [2.45, 2.75) is 26.1 Å². The molecular weight excluding hydrogens is 204 g/mol. The van der Waals surface area contributed by atoms with Crippen molar-refractivity contribution in [3.05, 3.63) is 0 Å². The fraction of sp³-hybridized carbons (Fsp3) is 0.889. The van der Waals surface area contributed by atoms with Gasteiger partial charge in [0.2, 0.25) is 0 Å². The van der Waals surface area contributed by atoms with Gasteiger partial charge in [0.1, 0.15) is 6.10 Å². The number of aliphatic hydroxyl groups excluding tert-OH is 1. The molecule has 0 bridgehead atoms. The first-order valence-corrected chi connectivity index (χ1v) is 5.52. The third kappa shape index (κ3) is 6.37. The van der Waals surface area contributed by atoms with Crippen LogP contribution in [0.25, 0.3) is 0 Å². The first-order chi connectivity index (χ1) is 6.61. The second-order valence-electron chi connectivity index (χ2n) is 2.82. The van der Waals surface area contributed by atoms with Crippen molar-refractivity contribution in [2.75, 3.05) is 26.1 Å². The van der Waals surface area contributed by atoms with Gasteiger partial charge in [0.05, 0.1) is 12.7 Å². The maximum Gasteiger partial charge on any atom is 0.185 e. The minimum absolute atomic E-state index is 0.00304. The zero-order chi connectivity index (χ0) is 11.0. The SMILES string of the molecule is CCOC(COC)C(O)CSC(C)=O. The van der Waals surface area contributed by atoms with Gasteiger partial charge >= 0.3 is 0 Å². The second-order valence-corrected chi connectivity index (χ2v) is 4.02. The molecule has 0 fully saturated rings. The van der Waals surface area contributed by atoms with Gasteiger partial charge < -0.3 is 14.6 Å². The lowest BCUT2D eigenvalue weighted by Crippen LogP contribution is -2.35. The molecule has 0 saturated heterocycles. The lowest BCUT2D eigenvalue weighted by molar-refractivity contribution is -0.109. The maximum absolute atomic E-state index is 10.7. The Hall–Kier alpha value is -0.100. The lowest BCUT2D eigenvalue weighted by atomic mass is 10.2. The van der Waals surface area contributed by atoms with Crippen LogP contribution < -0.4 is 0 Å². The van der Waals surface area contributed by atoms with Crippen LogP contribution in [-0.4, -0.2) is 48.5 Å². The van der Waals surface area contributed by atoms with Gasteiger partial charge in [-0.15, -0.1) is 0 Å². The van der Waals surface area contributed by atoms with Gasteiger partial charge in [-0.1, -0.05) is 11.8 Å². The third-order valence-corrected chi connectivity index (χ3v) is 2.51. The summed E-state index contributed by atoms with van der Waals surface area (Å²) in [6, 6.07) is 0. The summed E-state index contributed by atoms with van der Waals surface area (Å²) in [6.45, 7) is 4.19. The molecule has 0 aromatic carbocycles. The van der Waals surface area contributed by atoms with Crippen LogP contribution in [0, 0.1) is 0 Å². The average molecular weight is 222 g/mol. The van der Waals surface area contributed by atoms with Gasteiger partial charge in [0.15, 0.2) is 5.12 Å². The Kier molecular flexibility index (Phi) is 8.17. The molecule has 1 N–H and O–H groups in total. The smallest absolute Gasteiger partial charge is 0.185 e. The Morgan fingerprint density at radius 1 is 1.57 bits per heavy atom. The summed E-state index contributed by atoms with van der Waals surface area (Å²) in [5, 5.41) is 9.64. The van der Waals surface area contributed by atoms with Crippen molar-refractivity contribution in [1.29, 1.82) is 0 Å². The van der Waals surface area contributed by atoms with Crippen LogP contribution in [0.4, 0.5) is 0 Å². The van der Waals surface area contributed by atoms with E-state index >= 15 is 0 Å². The predicted octanol–water partition coefficient (Wildman–Crippen LogP) is 0.678. The molecule has 0 aromatic rings. The van der Waals surface area contributed by atoms with E-state index in [0.29, 0.717) is 19.0 Å². The molecule has 2 atom stereocenters. The first-order valence-electron chi connectivity index (χ1n) is 4.53. The highest BCUT2D eigenvalue weighted by molar-refractivity contribution is 8.13. The van der Waals surface area contributed by atoms with Crippen molar-refractivity contribution >= 4 is 16.9 Å². The highest BCUT2D eigenvalue weighted by Gasteiger charge is 2.19. The highest BCUT2D eigenvalue weighted by atomic mass is 32.2. The van der Waals surface area contributed by atoms with Gasteiger partial charge in [-0.25, -0.2) is 0 Å². The van der Waals surface area contributed by atoms with E-state index in [-0.39, 0.29) is 11.2 Å². The van der Waals surface area contributed by atoms with E-state index in [9.17, 15) is 9.90 Å². The Morgan fingerprint density at radius 3 is 2.64 bits per heavy atom. The summed E-state index contributed by atoms with van der Waals surface area (Å²) < 4.78 is 10.2. The van der Waals surface area contributed by atoms with Crippen LogP contribution in [0.2, 0.25) is 0 Å². The molecule has 0 saturated carbocycles. The van der Waals surface area contributed by atoms with Crippen LogP contribution >= 0.6 is 11.8 Å². The van der Waals surface area contributed by atoms with E-state index in [1.54, 1.807) is 7.11 Å². The van der Waals surface area contributed by atoms with Gasteiger partial charge in [-0.3, -0.25) is 4.79 Å². The zero-order valence-electron chi connectivity index (χ0n) is 8.86. The molecule has 0 amide bonds. The van der Waals surface area contributed by atoms with E-state index in [0.717, 1.165) is 11.8 Å². The van der Waals surface area contributed by atoms with Crippen molar-refractivity contribution in [2.24, 2.45) is 0 Å². The Labute approximate surface area is 89.0 Å². The molecule has 14 heavy (non-hydrogen) atoms. The van der Waals surface area contributed by atoms with E-state index in [1.807, 2.05) is 6.92 Å². The monoisotopic (exact) mass is 222 g/mol. The second kappa shape index (κ2) is 8.23. The van der Waals surface area contributed by atoms with Crippen molar-refractivity contribution in [1.82, 2.24) is 0 Å². The largest absolute Gasteiger partial charge is 0.389 e. The highest BCUT2D eigenvalue weighted by Crippen LogP contribution is 2.09. The van der Waals surface area contributed by atoms with Crippen LogP contribution in [0.15, 0.2) is 0 Å². The van der Waals surface area contributed by atoms with Gasteiger partial charge in [0, 0.05) is 26.4 Å². The number of ether oxygens (including phenoxy) is 2. The minimum Gasteiger partial charge on any atom is -0.389 e. The summed E-state index contributed by atoms with van der Waals surface area (Å²) >= 11 is 1.09. The molecule has 4 nitrogen and oxygen atoms in total. The molecule has 0 spiro atoms. The van der Waals surface area contributed by atoms with Gasteiger partial charge in [-0.2, -0.15) is 0 Å². The van der Waals surface area contributed by atoms with Crippen molar-refractivity contribution < 1.29 is 19.4 Å². The normalized spacial score (nSPS) is 15.1. The molecule has 0 aliphatic heterocycles. The Bertz CT molecular complexity index is 157.